The van der Waals surface area contributed by atoms with E-state index >= 15 is 0 Å². The Balaban J connectivity index is 1.85. The summed E-state index contributed by atoms with van der Waals surface area (Å²) in [6, 6.07) is 0. The third-order valence-corrected chi connectivity index (χ3v) is 4.23. The first-order valence-corrected chi connectivity index (χ1v) is 7.55. The Kier molecular flexibility index (Phi) is 5.44. The van der Waals surface area contributed by atoms with E-state index in [1.807, 2.05) is 7.05 Å². The molecule has 5 nitrogen and oxygen atoms in total. The van der Waals surface area contributed by atoms with Crippen molar-refractivity contribution >= 4 is 11.6 Å². The molecule has 1 aromatic heterocycles. The number of hydrogen-bond acceptors (Lipinski definition) is 5. The normalized spacial score (nSPS) is 22.4. The monoisotopic (exact) mass is 278 g/mol. The Labute approximate surface area is 121 Å². The Bertz CT molecular complexity index is 416. The molecule has 1 aromatic rings. The first-order chi connectivity index (χ1) is 9.74. The molecule has 1 fully saturated rings. The van der Waals surface area contributed by atoms with Crippen LogP contribution in [-0.2, 0) is 0 Å². The van der Waals surface area contributed by atoms with Crippen LogP contribution in [0.2, 0.25) is 0 Å². The van der Waals surface area contributed by atoms with Crippen LogP contribution in [0.15, 0.2) is 6.33 Å². The van der Waals surface area contributed by atoms with Gasteiger partial charge in [-0.15, -0.1) is 0 Å². The highest BCUT2D eigenvalue weighted by Crippen LogP contribution is 2.31. The predicted octanol–water partition coefficient (Wildman–Crippen LogP) is 3.16. The summed E-state index contributed by atoms with van der Waals surface area (Å²) in [6.07, 6.45) is 8.25. The van der Waals surface area contributed by atoms with Crippen LogP contribution in [0.3, 0.4) is 0 Å². The summed E-state index contributed by atoms with van der Waals surface area (Å²) in [5.74, 6) is 3.95. The van der Waals surface area contributed by atoms with Crippen LogP contribution in [0.4, 0.5) is 11.6 Å². The van der Waals surface area contributed by atoms with Crippen LogP contribution in [0, 0.1) is 11.8 Å². The van der Waals surface area contributed by atoms with Crippen molar-refractivity contribution in [3.63, 3.8) is 0 Å². The maximum Gasteiger partial charge on any atom is 0.204 e. The van der Waals surface area contributed by atoms with E-state index in [2.05, 4.69) is 27.5 Å². The fourth-order valence-corrected chi connectivity index (χ4v) is 2.88. The van der Waals surface area contributed by atoms with Crippen LogP contribution < -0.4 is 15.4 Å². The van der Waals surface area contributed by atoms with Gasteiger partial charge in [0.2, 0.25) is 5.75 Å². The van der Waals surface area contributed by atoms with Crippen molar-refractivity contribution in [2.75, 3.05) is 31.3 Å². The van der Waals surface area contributed by atoms with Crippen molar-refractivity contribution in [2.45, 2.75) is 39.0 Å². The summed E-state index contributed by atoms with van der Waals surface area (Å²) in [4.78, 5) is 8.41. The van der Waals surface area contributed by atoms with Crippen LogP contribution in [-0.4, -0.2) is 30.7 Å². The first kappa shape index (κ1) is 14.9. The summed E-state index contributed by atoms with van der Waals surface area (Å²) in [5.41, 5.74) is 0. The van der Waals surface area contributed by atoms with Gasteiger partial charge in [-0.3, -0.25) is 0 Å². The second kappa shape index (κ2) is 7.31. The van der Waals surface area contributed by atoms with Crippen LogP contribution in [0.1, 0.15) is 39.0 Å². The van der Waals surface area contributed by atoms with Crippen molar-refractivity contribution in [3.05, 3.63) is 6.33 Å². The van der Waals surface area contributed by atoms with Crippen molar-refractivity contribution in [1.82, 2.24) is 9.97 Å². The SMILES string of the molecule is CNc1ncnc(NCCC2CCC(C)CC2)c1OC. The third kappa shape index (κ3) is 3.74. The number of anilines is 2. The zero-order valence-electron chi connectivity index (χ0n) is 12.8. The molecule has 0 spiro atoms. The quantitative estimate of drug-likeness (QED) is 0.837. The predicted molar refractivity (Wildman–Crippen MR) is 82.4 cm³/mol. The summed E-state index contributed by atoms with van der Waals surface area (Å²) in [6.45, 7) is 3.30. The van der Waals surface area contributed by atoms with Crippen molar-refractivity contribution in [1.29, 1.82) is 0 Å². The van der Waals surface area contributed by atoms with Crippen molar-refractivity contribution in [3.8, 4) is 5.75 Å². The lowest BCUT2D eigenvalue weighted by atomic mass is 9.81. The lowest BCUT2D eigenvalue weighted by Crippen LogP contribution is -2.16. The maximum absolute atomic E-state index is 5.37. The lowest BCUT2D eigenvalue weighted by Gasteiger charge is -2.26. The van der Waals surface area contributed by atoms with Gasteiger partial charge in [0, 0.05) is 13.6 Å². The van der Waals surface area contributed by atoms with E-state index in [1.54, 1.807) is 13.4 Å². The molecule has 1 aliphatic carbocycles. The van der Waals surface area contributed by atoms with Crippen LogP contribution in [0.25, 0.3) is 0 Å². The van der Waals surface area contributed by atoms with Gasteiger partial charge in [-0.1, -0.05) is 32.6 Å². The molecular formula is C15H26N4O. The number of hydrogen-bond donors (Lipinski definition) is 2. The fourth-order valence-electron chi connectivity index (χ4n) is 2.88. The molecule has 0 aliphatic heterocycles. The molecule has 0 bridgehead atoms. The van der Waals surface area contributed by atoms with Crippen molar-refractivity contribution in [2.24, 2.45) is 11.8 Å². The molecule has 0 aromatic carbocycles. The number of nitrogens with one attached hydrogen (secondary N) is 2. The number of methoxy groups -OCH3 is 1. The van der Waals surface area contributed by atoms with Crippen LogP contribution >= 0.6 is 0 Å². The molecule has 1 heterocycles. The standard InChI is InChI=1S/C15H26N4O/c1-11-4-6-12(7-5-11)8-9-17-15-13(20-3)14(16-2)18-10-19-15/h10-12H,4-9H2,1-3H3,(H2,16,17,18,19). The molecule has 2 rings (SSSR count). The summed E-state index contributed by atoms with van der Waals surface area (Å²) >= 11 is 0. The second-order valence-corrected chi connectivity index (χ2v) is 5.70. The number of ether oxygens (including phenoxy) is 1. The smallest absolute Gasteiger partial charge is 0.204 e. The topological polar surface area (TPSA) is 59.1 Å². The summed E-state index contributed by atoms with van der Waals surface area (Å²) in [7, 11) is 3.48. The average Bonchev–Trinajstić information content (AvgIpc) is 2.49. The average molecular weight is 278 g/mol. The fraction of sp³-hybridized carbons (Fsp3) is 0.733. The highest BCUT2D eigenvalue weighted by Gasteiger charge is 2.18. The molecule has 20 heavy (non-hydrogen) atoms. The molecule has 1 aliphatic rings. The Hall–Kier alpha value is -1.52. The zero-order chi connectivity index (χ0) is 14.4. The molecule has 2 N–H and O–H groups in total. The molecule has 0 radical (unpaired) electrons. The highest BCUT2D eigenvalue weighted by atomic mass is 16.5. The van der Waals surface area contributed by atoms with Gasteiger partial charge < -0.3 is 15.4 Å². The molecular weight excluding hydrogens is 252 g/mol. The Morgan fingerprint density at radius 2 is 1.90 bits per heavy atom. The van der Waals surface area contributed by atoms with Crippen molar-refractivity contribution < 1.29 is 4.74 Å². The molecule has 0 saturated heterocycles. The lowest BCUT2D eigenvalue weighted by molar-refractivity contribution is 0.281. The van der Waals surface area contributed by atoms with E-state index in [0.29, 0.717) is 5.75 Å². The summed E-state index contributed by atoms with van der Waals surface area (Å²) in [5, 5.41) is 6.40. The third-order valence-electron chi connectivity index (χ3n) is 4.23. The van der Waals surface area contributed by atoms with Gasteiger partial charge in [-0.2, -0.15) is 0 Å². The van der Waals surface area contributed by atoms with Gasteiger partial charge in [0.25, 0.3) is 0 Å². The Morgan fingerprint density at radius 3 is 2.55 bits per heavy atom. The van der Waals surface area contributed by atoms with Gasteiger partial charge in [-0.25, -0.2) is 9.97 Å². The van der Waals surface area contributed by atoms with Gasteiger partial charge in [-0.05, 0) is 18.3 Å². The maximum atomic E-state index is 5.37. The number of aromatic nitrogens is 2. The first-order valence-electron chi connectivity index (χ1n) is 7.55. The van der Waals surface area contributed by atoms with E-state index in [9.17, 15) is 0 Å². The minimum atomic E-state index is 0.687. The van der Waals surface area contributed by atoms with Gasteiger partial charge in [0.1, 0.15) is 6.33 Å². The van der Waals surface area contributed by atoms with E-state index in [4.69, 9.17) is 4.74 Å². The molecule has 5 heteroatoms. The minimum absolute atomic E-state index is 0.687. The van der Waals surface area contributed by atoms with E-state index in [0.717, 1.165) is 30.0 Å². The Morgan fingerprint density at radius 1 is 1.20 bits per heavy atom. The second-order valence-electron chi connectivity index (χ2n) is 5.70. The van der Waals surface area contributed by atoms with Gasteiger partial charge >= 0.3 is 0 Å². The van der Waals surface area contributed by atoms with Crippen LogP contribution in [0.5, 0.6) is 5.75 Å². The molecule has 1 saturated carbocycles. The minimum Gasteiger partial charge on any atom is -0.490 e. The molecule has 0 atom stereocenters. The highest BCUT2D eigenvalue weighted by molar-refractivity contribution is 5.63. The largest absolute Gasteiger partial charge is 0.490 e. The van der Waals surface area contributed by atoms with E-state index in [-0.39, 0.29) is 0 Å². The molecule has 0 amide bonds. The van der Waals surface area contributed by atoms with Gasteiger partial charge in [0.05, 0.1) is 7.11 Å². The van der Waals surface area contributed by atoms with E-state index < -0.39 is 0 Å². The number of rotatable bonds is 6. The number of nitrogens with zero attached hydrogens (tertiary/aromatic N) is 2. The zero-order valence-corrected chi connectivity index (χ0v) is 12.8. The van der Waals surface area contributed by atoms with Gasteiger partial charge in [0.15, 0.2) is 11.6 Å². The summed E-state index contributed by atoms with van der Waals surface area (Å²) < 4.78 is 5.37. The molecule has 112 valence electrons. The molecule has 0 unspecified atom stereocenters. The van der Waals surface area contributed by atoms with E-state index in [1.165, 1.54) is 32.1 Å².